The number of nitrogens with zero attached hydrogens (tertiary/aromatic N) is 3. The second kappa shape index (κ2) is 8.09. The first kappa shape index (κ1) is 15.1. The van der Waals surface area contributed by atoms with Crippen molar-refractivity contribution in [1.29, 1.82) is 0 Å². The molecule has 0 saturated carbocycles. The van der Waals surface area contributed by atoms with Crippen LogP contribution >= 0.6 is 11.8 Å². The number of aromatic nitrogens is 2. The van der Waals surface area contributed by atoms with Crippen LogP contribution in [0.1, 0.15) is 31.3 Å². The third kappa shape index (κ3) is 5.00. The second-order valence-electron chi connectivity index (χ2n) is 4.81. The maximum Gasteiger partial charge on any atom is 0.191 e. The number of hydrogen-bond acceptors (Lipinski definition) is 4. The molecule has 1 aromatic rings. The zero-order valence-corrected chi connectivity index (χ0v) is 13.0. The fourth-order valence-corrected chi connectivity index (χ4v) is 3.31. The summed E-state index contributed by atoms with van der Waals surface area (Å²) in [5, 5.41) is 7.42. The maximum atomic E-state index is 4.58. The first-order valence-electron chi connectivity index (χ1n) is 7.20. The molecule has 1 atom stereocenters. The molecule has 1 aliphatic heterocycles. The molecule has 5 nitrogen and oxygen atoms in total. The van der Waals surface area contributed by atoms with Crippen molar-refractivity contribution >= 4 is 17.7 Å². The van der Waals surface area contributed by atoms with Crippen molar-refractivity contribution in [2.45, 2.75) is 38.5 Å². The number of nitrogens with one attached hydrogen (secondary N) is 2. The van der Waals surface area contributed by atoms with Gasteiger partial charge in [0, 0.05) is 24.5 Å². The lowest BCUT2D eigenvalue weighted by Gasteiger charge is -2.14. The predicted molar refractivity (Wildman–Crippen MR) is 85.1 cm³/mol. The standard InChI is InChI=1S/C14H23N5S/c1-3-15-14(18-10-13-5-4-8-20-13)17-9-12-6-7-16-11(2)19-12/h6-7,13H,3-5,8-10H2,1-2H3,(H2,15,17,18). The Morgan fingerprint density at radius 1 is 1.50 bits per heavy atom. The molecule has 20 heavy (non-hydrogen) atoms. The minimum absolute atomic E-state index is 0.580. The van der Waals surface area contributed by atoms with Crippen molar-refractivity contribution in [3.63, 3.8) is 0 Å². The van der Waals surface area contributed by atoms with Crippen molar-refractivity contribution in [3.05, 3.63) is 23.8 Å². The second-order valence-corrected chi connectivity index (χ2v) is 6.21. The van der Waals surface area contributed by atoms with E-state index in [4.69, 9.17) is 0 Å². The number of aliphatic imine (C=N–C) groups is 1. The fraction of sp³-hybridized carbons (Fsp3) is 0.643. The Morgan fingerprint density at radius 2 is 2.40 bits per heavy atom. The molecule has 0 radical (unpaired) electrons. The molecule has 1 aromatic heterocycles. The highest BCUT2D eigenvalue weighted by Gasteiger charge is 2.15. The highest BCUT2D eigenvalue weighted by atomic mass is 32.2. The number of aryl methyl sites for hydroxylation is 1. The van der Waals surface area contributed by atoms with Crippen LogP contribution in [0.25, 0.3) is 0 Å². The average molecular weight is 293 g/mol. The summed E-state index contributed by atoms with van der Waals surface area (Å²) in [6.07, 6.45) is 4.43. The van der Waals surface area contributed by atoms with Gasteiger partial charge in [0.2, 0.25) is 0 Å². The van der Waals surface area contributed by atoms with Gasteiger partial charge in [0.15, 0.2) is 5.96 Å². The van der Waals surface area contributed by atoms with Gasteiger partial charge >= 0.3 is 0 Å². The van der Waals surface area contributed by atoms with Crippen LogP contribution in [0.2, 0.25) is 0 Å². The third-order valence-corrected chi connectivity index (χ3v) is 4.50. The van der Waals surface area contributed by atoms with Gasteiger partial charge in [0.05, 0.1) is 12.2 Å². The van der Waals surface area contributed by atoms with Crippen molar-refractivity contribution < 1.29 is 0 Å². The van der Waals surface area contributed by atoms with E-state index in [1.165, 1.54) is 18.6 Å². The first-order chi connectivity index (χ1) is 9.78. The Morgan fingerprint density at radius 3 is 3.10 bits per heavy atom. The largest absolute Gasteiger partial charge is 0.357 e. The predicted octanol–water partition coefficient (Wildman–Crippen LogP) is 1.74. The van der Waals surface area contributed by atoms with Gasteiger partial charge in [-0.1, -0.05) is 0 Å². The summed E-state index contributed by atoms with van der Waals surface area (Å²) in [4.78, 5) is 13.0. The SMILES string of the molecule is CCNC(=NCc1ccnc(C)n1)NCC1CCCS1. The molecular formula is C14H23N5S. The summed E-state index contributed by atoms with van der Waals surface area (Å²) in [6, 6.07) is 1.91. The molecule has 0 bridgehead atoms. The number of rotatable bonds is 5. The van der Waals surface area contributed by atoms with Gasteiger partial charge in [0.1, 0.15) is 5.82 Å². The van der Waals surface area contributed by atoms with Gasteiger partial charge in [-0.15, -0.1) is 0 Å². The third-order valence-electron chi connectivity index (χ3n) is 3.10. The molecule has 1 fully saturated rings. The number of thioether (sulfide) groups is 1. The Hall–Kier alpha value is -1.30. The quantitative estimate of drug-likeness (QED) is 0.639. The minimum atomic E-state index is 0.580. The Kier molecular flexibility index (Phi) is 6.11. The van der Waals surface area contributed by atoms with Gasteiger partial charge in [-0.25, -0.2) is 15.0 Å². The van der Waals surface area contributed by atoms with Crippen molar-refractivity contribution in [1.82, 2.24) is 20.6 Å². The van der Waals surface area contributed by atoms with Crippen molar-refractivity contribution in [2.24, 2.45) is 4.99 Å². The summed E-state index contributed by atoms with van der Waals surface area (Å²) in [5.74, 6) is 2.95. The Bertz CT molecular complexity index is 443. The minimum Gasteiger partial charge on any atom is -0.357 e. The summed E-state index contributed by atoms with van der Waals surface area (Å²) in [5.41, 5.74) is 0.949. The van der Waals surface area contributed by atoms with Crippen LogP contribution in [0.15, 0.2) is 17.3 Å². The smallest absolute Gasteiger partial charge is 0.191 e. The molecule has 2 N–H and O–H groups in total. The van der Waals surface area contributed by atoms with E-state index in [-0.39, 0.29) is 0 Å². The number of guanidine groups is 1. The highest BCUT2D eigenvalue weighted by Crippen LogP contribution is 2.25. The monoisotopic (exact) mass is 293 g/mol. The maximum absolute atomic E-state index is 4.58. The zero-order chi connectivity index (χ0) is 14.2. The van der Waals surface area contributed by atoms with E-state index < -0.39 is 0 Å². The van der Waals surface area contributed by atoms with E-state index in [0.29, 0.717) is 6.54 Å². The van der Waals surface area contributed by atoms with Crippen LogP contribution in [0.5, 0.6) is 0 Å². The van der Waals surface area contributed by atoms with Crippen molar-refractivity contribution in [3.8, 4) is 0 Å². The van der Waals surface area contributed by atoms with E-state index in [1.54, 1.807) is 6.20 Å². The molecule has 2 rings (SSSR count). The van der Waals surface area contributed by atoms with E-state index in [9.17, 15) is 0 Å². The molecule has 1 aliphatic rings. The molecular weight excluding hydrogens is 270 g/mol. The lowest BCUT2D eigenvalue weighted by atomic mass is 10.2. The van der Waals surface area contributed by atoms with E-state index >= 15 is 0 Å². The van der Waals surface area contributed by atoms with Gasteiger partial charge in [0.25, 0.3) is 0 Å². The first-order valence-corrected chi connectivity index (χ1v) is 8.25. The normalized spacial score (nSPS) is 19.1. The van der Waals surface area contributed by atoms with Gasteiger partial charge in [-0.3, -0.25) is 0 Å². The molecule has 0 aliphatic carbocycles. The van der Waals surface area contributed by atoms with Gasteiger partial charge in [-0.05, 0) is 38.5 Å². The van der Waals surface area contributed by atoms with Crippen LogP contribution in [0, 0.1) is 6.92 Å². The average Bonchev–Trinajstić information content (AvgIpc) is 2.95. The Balaban J connectivity index is 1.87. The van der Waals surface area contributed by atoms with Crippen LogP contribution < -0.4 is 10.6 Å². The van der Waals surface area contributed by atoms with Crippen molar-refractivity contribution in [2.75, 3.05) is 18.8 Å². The Labute approximate surface area is 125 Å². The van der Waals surface area contributed by atoms with Crippen LogP contribution in [-0.4, -0.2) is 40.0 Å². The van der Waals surface area contributed by atoms with E-state index in [0.717, 1.165) is 35.8 Å². The summed E-state index contributed by atoms with van der Waals surface area (Å²) in [6.45, 7) is 6.41. The van der Waals surface area contributed by atoms with Gasteiger partial charge < -0.3 is 10.6 Å². The zero-order valence-electron chi connectivity index (χ0n) is 12.2. The lowest BCUT2D eigenvalue weighted by Crippen LogP contribution is -2.40. The summed E-state index contributed by atoms with van der Waals surface area (Å²) >= 11 is 2.05. The molecule has 0 amide bonds. The lowest BCUT2D eigenvalue weighted by molar-refractivity contribution is 0.726. The van der Waals surface area contributed by atoms with E-state index in [1.807, 2.05) is 13.0 Å². The molecule has 2 heterocycles. The number of hydrogen-bond donors (Lipinski definition) is 2. The molecule has 6 heteroatoms. The summed E-state index contributed by atoms with van der Waals surface area (Å²) < 4.78 is 0. The topological polar surface area (TPSA) is 62.2 Å². The molecule has 0 aromatic carbocycles. The van der Waals surface area contributed by atoms with Crippen LogP contribution in [0.4, 0.5) is 0 Å². The molecule has 0 spiro atoms. The van der Waals surface area contributed by atoms with Crippen LogP contribution in [0.3, 0.4) is 0 Å². The summed E-state index contributed by atoms with van der Waals surface area (Å²) in [7, 11) is 0. The van der Waals surface area contributed by atoms with Crippen LogP contribution in [-0.2, 0) is 6.54 Å². The fourth-order valence-electron chi connectivity index (χ4n) is 2.11. The van der Waals surface area contributed by atoms with Gasteiger partial charge in [-0.2, -0.15) is 11.8 Å². The molecule has 1 unspecified atom stereocenters. The highest BCUT2D eigenvalue weighted by molar-refractivity contribution is 8.00. The van der Waals surface area contributed by atoms with E-state index in [2.05, 4.69) is 44.3 Å². The molecule has 1 saturated heterocycles. The molecule has 110 valence electrons.